The molecule has 152 valence electrons. The number of nitrogens with one attached hydrogen (secondary N) is 1. The molecule has 1 unspecified atom stereocenters. The second kappa shape index (κ2) is 9.65. The number of carbonyl (C=O) groups excluding carboxylic acids is 1. The van der Waals surface area contributed by atoms with Crippen LogP contribution in [-0.4, -0.2) is 15.9 Å². The number of benzene rings is 1. The van der Waals surface area contributed by atoms with Crippen molar-refractivity contribution < 1.29 is 9.53 Å². The maximum absolute atomic E-state index is 12.4. The maximum Gasteiger partial charge on any atom is 0.226 e. The van der Waals surface area contributed by atoms with Gasteiger partial charge in [-0.2, -0.15) is 0 Å². The Hall–Kier alpha value is -3.03. The van der Waals surface area contributed by atoms with Crippen molar-refractivity contribution in [2.24, 2.45) is 0 Å². The van der Waals surface area contributed by atoms with Gasteiger partial charge >= 0.3 is 0 Å². The number of rotatable bonds is 8. The van der Waals surface area contributed by atoms with Crippen LogP contribution in [0.2, 0.25) is 0 Å². The molecular formula is C23H21N3O2S2. The Labute approximate surface area is 183 Å². The predicted molar refractivity (Wildman–Crippen MR) is 121 cm³/mol. The van der Waals surface area contributed by atoms with Gasteiger partial charge in [0.15, 0.2) is 0 Å². The molecule has 4 rings (SSSR count). The first kappa shape index (κ1) is 20.3. The van der Waals surface area contributed by atoms with Gasteiger partial charge in [0.1, 0.15) is 17.4 Å². The van der Waals surface area contributed by atoms with E-state index in [0.29, 0.717) is 6.61 Å². The summed E-state index contributed by atoms with van der Waals surface area (Å²) in [6, 6.07) is 15.6. The molecule has 0 saturated heterocycles. The number of carbonyl (C=O) groups is 1. The SMILES string of the molecule is CC(NC(=O)Cc1csc(-c2cccs2)n1)c1ccc(OCc2cccnc2)cc1. The van der Waals surface area contributed by atoms with Crippen molar-refractivity contribution in [2.75, 3.05) is 0 Å². The molecule has 0 aliphatic heterocycles. The van der Waals surface area contributed by atoms with Crippen LogP contribution < -0.4 is 10.1 Å². The molecule has 1 N–H and O–H groups in total. The summed E-state index contributed by atoms with van der Waals surface area (Å²) in [6.07, 6.45) is 3.81. The Morgan fingerprint density at radius 3 is 2.73 bits per heavy atom. The van der Waals surface area contributed by atoms with Crippen LogP contribution in [0.4, 0.5) is 0 Å². The van der Waals surface area contributed by atoms with Crippen molar-refractivity contribution in [3.05, 3.63) is 88.5 Å². The van der Waals surface area contributed by atoms with Gasteiger partial charge in [-0.3, -0.25) is 9.78 Å². The lowest BCUT2D eigenvalue weighted by atomic mass is 10.1. The lowest BCUT2D eigenvalue weighted by molar-refractivity contribution is -0.121. The van der Waals surface area contributed by atoms with Crippen LogP contribution in [0.25, 0.3) is 9.88 Å². The first-order valence-corrected chi connectivity index (χ1v) is 11.3. The summed E-state index contributed by atoms with van der Waals surface area (Å²) in [6.45, 7) is 2.45. The second-order valence-corrected chi connectivity index (χ2v) is 8.61. The third kappa shape index (κ3) is 5.31. The fourth-order valence-corrected chi connectivity index (χ4v) is 4.58. The minimum atomic E-state index is -0.0970. The number of hydrogen-bond donors (Lipinski definition) is 1. The molecule has 5 nitrogen and oxygen atoms in total. The molecule has 1 amide bonds. The molecule has 30 heavy (non-hydrogen) atoms. The van der Waals surface area contributed by atoms with Gasteiger partial charge in [-0.05, 0) is 42.1 Å². The van der Waals surface area contributed by atoms with Gasteiger partial charge in [-0.15, -0.1) is 22.7 Å². The zero-order chi connectivity index (χ0) is 20.8. The largest absolute Gasteiger partial charge is 0.489 e. The first-order valence-electron chi connectivity index (χ1n) is 9.56. The first-order chi connectivity index (χ1) is 14.7. The van der Waals surface area contributed by atoms with Gasteiger partial charge in [0.2, 0.25) is 5.91 Å². The average Bonchev–Trinajstić information content (AvgIpc) is 3.45. The van der Waals surface area contributed by atoms with Gasteiger partial charge in [-0.1, -0.05) is 24.3 Å². The third-order valence-corrected chi connectivity index (χ3v) is 6.44. The van der Waals surface area contributed by atoms with E-state index >= 15 is 0 Å². The smallest absolute Gasteiger partial charge is 0.226 e. The second-order valence-electron chi connectivity index (χ2n) is 6.81. The van der Waals surface area contributed by atoms with Gasteiger partial charge < -0.3 is 10.1 Å². The van der Waals surface area contributed by atoms with Gasteiger partial charge in [0.25, 0.3) is 0 Å². The Kier molecular flexibility index (Phi) is 6.51. The van der Waals surface area contributed by atoms with E-state index in [0.717, 1.165) is 32.5 Å². The van der Waals surface area contributed by atoms with Crippen molar-refractivity contribution in [3.8, 4) is 15.6 Å². The molecule has 1 atom stereocenters. The zero-order valence-corrected chi connectivity index (χ0v) is 18.1. The fraction of sp³-hybridized carbons (Fsp3) is 0.174. The molecule has 0 aliphatic rings. The molecule has 0 aliphatic carbocycles. The lowest BCUT2D eigenvalue weighted by Crippen LogP contribution is -2.28. The summed E-state index contributed by atoms with van der Waals surface area (Å²) in [7, 11) is 0. The van der Waals surface area contributed by atoms with E-state index < -0.39 is 0 Å². The third-order valence-electron chi connectivity index (χ3n) is 4.51. The summed E-state index contributed by atoms with van der Waals surface area (Å²) in [5.41, 5.74) is 2.84. The molecule has 3 aromatic heterocycles. The lowest BCUT2D eigenvalue weighted by Gasteiger charge is -2.15. The number of hydrogen-bond acceptors (Lipinski definition) is 6. The summed E-state index contributed by atoms with van der Waals surface area (Å²) < 4.78 is 5.79. The molecule has 1 aromatic carbocycles. The highest BCUT2D eigenvalue weighted by molar-refractivity contribution is 7.20. The van der Waals surface area contributed by atoms with E-state index in [9.17, 15) is 4.79 Å². The number of thiophene rings is 1. The number of amides is 1. The normalized spacial score (nSPS) is 11.8. The van der Waals surface area contributed by atoms with E-state index in [1.165, 1.54) is 0 Å². The Balaban J connectivity index is 1.29. The number of aromatic nitrogens is 2. The Bertz CT molecular complexity index is 1080. The van der Waals surface area contributed by atoms with Crippen LogP contribution in [0.5, 0.6) is 5.75 Å². The molecule has 0 spiro atoms. The minimum Gasteiger partial charge on any atom is -0.489 e. The van der Waals surface area contributed by atoms with E-state index in [4.69, 9.17) is 4.74 Å². The van der Waals surface area contributed by atoms with Crippen molar-refractivity contribution in [2.45, 2.75) is 26.0 Å². The van der Waals surface area contributed by atoms with E-state index in [2.05, 4.69) is 15.3 Å². The highest BCUT2D eigenvalue weighted by atomic mass is 32.1. The zero-order valence-electron chi connectivity index (χ0n) is 16.4. The number of thiazole rings is 1. The Morgan fingerprint density at radius 2 is 2.00 bits per heavy atom. The molecule has 0 bridgehead atoms. The highest BCUT2D eigenvalue weighted by Crippen LogP contribution is 2.28. The van der Waals surface area contributed by atoms with E-state index in [1.54, 1.807) is 35.1 Å². The number of nitrogens with zero attached hydrogens (tertiary/aromatic N) is 2. The maximum atomic E-state index is 12.4. The van der Waals surface area contributed by atoms with Crippen molar-refractivity contribution in [3.63, 3.8) is 0 Å². The highest BCUT2D eigenvalue weighted by Gasteiger charge is 2.13. The van der Waals surface area contributed by atoms with Crippen LogP contribution in [0, 0.1) is 0 Å². The predicted octanol–water partition coefficient (Wildman–Crippen LogP) is 5.27. The van der Waals surface area contributed by atoms with Crippen LogP contribution >= 0.6 is 22.7 Å². The van der Waals surface area contributed by atoms with Gasteiger partial charge in [0.05, 0.1) is 23.0 Å². The van der Waals surface area contributed by atoms with Crippen LogP contribution in [0.1, 0.15) is 29.8 Å². The molecule has 4 aromatic rings. The summed E-state index contributed by atoms with van der Waals surface area (Å²) in [5.74, 6) is 0.743. The van der Waals surface area contributed by atoms with Gasteiger partial charge in [0, 0.05) is 23.3 Å². The molecule has 0 saturated carbocycles. The molecule has 0 radical (unpaired) electrons. The molecular weight excluding hydrogens is 414 g/mol. The summed E-state index contributed by atoms with van der Waals surface area (Å²) >= 11 is 3.22. The number of pyridine rings is 1. The average molecular weight is 436 g/mol. The van der Waals surface area contributed by atoms with Crippen molar-refractivity contribution in [1.82, 2.24) is 15.3 Å². The van der Waals surface area contributed by atoms with E-state index in [-0.39, 0.29) is 18.4 Å². The topological polar surface area (TPSA) is 64.1 Å². The fourth-order valence-electron chi connectivity index (χ4n) is 2.94. The monoisotopic (exact) mass is 435 g/mol. The van der Waals surface area contributed by atoms with Crippen LogP contribution in [-0.2, 0) is 17.8 Å². The molecule has 7 heteroatoms. The van der Waals surface area contributed by atoms with E-state index in [1.807, 2.05) is 66.2 Å². The van der Waals surface area contributed by atoms with Gasteiger partial charge in [-0.25, -0.2) is 4.98 Å². The number of ether oxygens (including phenoxy) is 1. The van der Waals surface area contributed by atoms with Crippen LogP contribution in [0.15, 0.2) is 71.7 Å². The standard InChI is InChI=1S/C23H21N3O2S2/c1-16(18-6-8-20(9-7-18)28-14-17-4-2-10-24-13-17)25-22(27)12-19-15-30-23(26-19)21-5-3-11-29-21/h2-11,13,15-16H,12,14H2,1H3,(H,25,27). The Morgan fingerprint density at radius 1 is 1.13 bits per heavy atom. The summed E-state index contributed by atoms with van der Waals surface area (Å²) in [5, 5.41) is 7.99. The minimum absolute atomic E-state index is 0.0394. The quantitative estimate of drug-likeness (QED) is 0.410. The summed E-state index contributed by atoms with van der Waals surface area (Å²) in [4.78, 5) is 22.2. The molecule has 3 heterocycles. The van der Waals surface area contributed by atoms with Crippen molar-refractivity contribution >= 4 is 28.6 Å². The van der Waals surface area contributed by atoms with Crippen LogP contribution in [0.3, 0.4) is 0 Å². The van der Waals surface area contributed by atoms with Crippen molar-refractivity contribution in [1.29, 1.82) is 0 Å². The molecule has 0 fully saturated rings.